The van der Waals surface area contributed by atoms with Crippen molar-refractivity contribution in [2.45, 2.75) is 39.7 Å². The molecule has 1 heterocycles. The molecule has 36 heavy (non-hydrogen) atoms. The van der Waals surface area contributed by atoms with Gasteiger partial charge in [-0.1, -0.05) is 20.8 Å². The van der Waals surface area contributed by atoms with E-state index in [9.17, 15) is 39.3 Å². The first-order chi connectivity index (χ1) is 16.8. The molecule has 0 aromatic heterocycles. The second kappa shape index (κ2) is 15.5. The smallest absolute Gasteiger partial charge is 0.320 e. The second-order valence-corrected chi connectivity index (χ2v) is 9.95. The highest BCUT2D eigenvalue weighted by molar-refractivity contribution is 5.84. The number of carboxylic acid groups (broad SMARTS) is 3. The molecule has 13 nitrogen and oxygen atoms in total. The minimum Gasteiger partial charge on any atom is -0.480 e. The molecule has 0 saturated carbocycles. The van der Waals surface area contributed by atoms with Crippen LogP contribution in [0.3, 0.4) is 0 Å². The van der Waals surface area contributed by atoms with Crippen LogP contribution in [0.4, 0.5) is 0 Å². The number of ketones is 1. The molecular weight excluding hydrogens is 476 g/mol. The zero-order chi connectivity index (χ0) is 27.3. The molecule has 0 amide bonds. The summed E-state index contributed by atoms with van der Waals surface area (Å²) in [5.41, 5.74) is -0.589. The molecule has 0 bridgehead atoms. The summed E-state index contributed by atoms with van der Waals surface area (Å²) in [6, 6.07) is -0.955. The Kier molecular flexibility index (Phi) is 13.5. The van der Waals surface area contributed by atoms with E-state index in [1.54, 1.807) is 40.4 Å². The third-order valence-corrected chi connectivity index (χ3v) is 6.12. The maximum atomic E-state index is 12.4. The van der Waals surface area contributed by atoms with E-state index in [-0.39, 0.29) is 64.6 Å². The Bertz CT molecular complexity index is 756. The summed E-state index contributed by atoms with van der Waals surface area (Å²) in [5, 5.41) is 28.5. The van der Waals surface area contributed by atoms with Crippen LogP contribution in [0.25, 0.3) is 0 Å². The van der Waals surface area contributed by atoms with Crippen LogP contribution in [0.2, 0.25) is 0 Å². The lowest BCUT2D eigenvalue weighted by atomic mass is 9.87. The molecule has 1 fully saturated rings. The van der Waals surface area contributed by atoms with Gasteiger partial charge in [-0.25, -0.2) is 0 Å². The van der Waals surface area contributed by atoms with Crippen LogP contribution in [-0.2, 0) is 28.7 Å². The molecule has 0 radical (unpaired) electrons. The molecule has 0 spiro atoms. The fourth-order valence-corrected chi connectivity index (χ4v) is 3.93. The molecule has 1 unspecified atom stereocenters. The number of ether oxygens (including phenoxy) is 1. The minimum atomic E-state index is -1.07. The molecule has 206 valence electrons. The van der Waals surface area contributed by atoms with Crippen molar-refractivity contribution >= 4 is 30.2 Å². The van der Waals surface area contributed by atoms with Crippen molar-refractivity contribution in [1.29, 1.82) is 0 Å². The summed E-state index contributed by atoms with van der Waals surface area (Å²) in [6.07, 6.45) is 0.208. The fraction of sp³-hybridized carbons (Fsp3) is 0.783. The number of carbonyl (C=O) groups excluding carboxylic acids is 2. The molecule has 3 N–H and O–H groups in total. The van der Waals surface area contributed by atoms with Crippen molar-refractivity contribution in [3.63, 3.8) is 0 Å². The third kappa shape index (κ3) is 12.4. The summed E-state index contributed by atoms with van der Waals surface area (Å²) in [5.74, 6) is -3.17. The van der Waals surface area contributed by atoms with E-state index in [4.69, 9.17) is 4.74 Å². The van der Waals surface area contributed by atoms with Gasteiger partial charge in [0.05, 0.1) is 13.1 Å². The molecular formula is C23H40N4O9. The number of rotatable bonds is 12. The number of Topliss-reactive ketones (excluding diaryl/α,β-unsaturated/α-hetero) is 1. The number of nitrogens with zero attached hydrogens (tertiary/aromatic N) is 4. The van der Waals surface area contributed by atoms with Gasteiger partial charge in [0, 0.05) is 64.2 Å². The Morgan fingerprint density at radius 2 is 1.25 bits per heavy atom. The van der Waals surface area contributed by atoms with Crippen LogP contribution in [0.1, 0.15) is 33.6 Å². The molecule has 1 rings (SSSR count). The van der Waals surface area contributed by atoms with Crippen molar-refractivity contribution in [2.75, 3.05) is 72.2 Å². The molecule has 0 aliphatic carbocycles. The van der Waals surface area contributed by atoms with Gasteiger partial charge in [0.25, 0.3) is 6.47 Å². The van der Waals surface area contributed by atoms with E-state index in [1.165, 1.54) is 0 Å². The Morgan fingerprint density at radius 1 is 0.806 bits per heavy atom. The summed E-state index contributed by atoms with van der Waals surface area (Å²) in [6.45, 7) is 7.45. The average molecular weight is 517 g/mol. The van der Waals surface area contributed by atoms with Crippen LogP contribution in [0, 0.1) is 5.41 Å². The summed E-state index contributed by atoms with van der Waals surface area (Å²) < 4.78 is 4.89. The first-order valence-electron chi connectivity index (χ1n) is 12.0. The van der Waals surface area contributed by atoms with Crippen molar-refractivity contribution in [1.82, 2.24) is 19.6 Å². The highest BCUT2D eigenvalue weighted by atomic mass is 16.5. The highest BCUT2D eigenvalue weighted by Gasteiger charge is 2.30. The number of aliphatic carboxylic acids is 3. The lowest BCUT2D eigenvalue weighted by Gasteiger charge is -2.35. The van der Waals surface area contributed by atoms with E-state index in [2.05, 4.69) is 0 Å². The fourth-order valence-electron chi connectivity index (χ4n) is 3.93. The standard InChI is InChI=1S/C23H40N4O9/c1-23(2,3)19(29)5-4-18(22(34)35)27-12-10-25(15-21(32)33)7-6-24(14-20(30)31)8-9-26(11-13-27)16-36-17-28/h17-18H,4-16H2,1-3H3,(H,30,31)(H,32,33)(H,34,35). The van der Waals surface area contributed by atoms with Crippen LogP contribution >= 0.6 is 0 Å². The largest absolute Gasteiger partial charge is 0.480 e. The second-order valence-electron chi connectivity index (χ2n) is 9.95. The quantitative estimate of drug-likeness (QED) is 0.280. The van der Waals surface area contributed by atoms with Crippen LogP contribution in [0.15, 0.2) is 0 Å². The zero-order valence-electron chi connectivity index (χ0n) is 21.4. The first-order valence-corrected chi connectivity index (χ1v) is 12.0. The SMILES string of the molecule is CC(C)(C)C(=O)CCC(C(=O)O)N1CCN(COC=O)CCN(CC(=O)O)CCN(CC(=O)O)CC1. The van der Waals surface area contributed by atoms with Gasteiger partial charge in [0.15, 0.2) is 0 Å². The molecule has 1 saturated heterocycles. The Hall–Kier alpha value is -2.61. The maximum absolute atomic E-state index is 12.4. The van der Waals surface area contributed by atoms with Crippen LogP contribution in [0.5, 0.6) is 0 Å². The normalized spacial score (nSPS) is 19.0. The number of hydrogen-bond acceptors (Lipinski definition) is 10. The van der Waals surface area contributed by atoms with E-state index in [1.807, 2.05) is 0 Å². The van der Waals surface area contributed by atoms with Gasteiger partial charge in [0.2, 0.25) is 0 Å². The number of carboxylic acids is 3. The van der Waals surface area contributed by atoms with Crippen LogP contribution in [-0.4, -0.2) is 143 Å². The van der Waals surface area contributed by atoms with Gasteiger partial charge in [-0.2, -0.15) is 0 Å². The van der Waals surface area contributed by atoms with Gasteiger partial charge >= 0.3 is 17.9 Å². The van der Waals surface area contributed by atoms with Crippen molar-refractivity contribution in [2.24, 2.45) is 5.41 Å². The molecule has 0 aromatic carbocycles. The Labute approximate surface area is 211 Å². The molecule has 1 aliphatic rings. The lowest BCUT2D eigenvalue weighted by molar-refractivity contribution is -0.145. The Morgan fingerprint density at radius 3 is 1.67 bits per heavy atom. The van der Waals surface area contributed by atoms with Gasteiger partial charge in [-0.3, -0.25) is 43.6 Å². The molecule has 1 atom stereocenters. The summed E-state index contributed by atoms with van der Waals surface area (Å²) >= 11 is 0. The van der Waals surface area contributed by atoms with E-state index >= 15 is 0 Å². The highest BCUT2D eigenvalue weighted by Crippen LogP contribution is 2.20. The van der Waals surface area contributed by atoms with Crippen LogP contribution < -0.4 is 0 Å². The number of hydrogen-bond donors (Lipinski definition) is 3. The molecule has 1 aliphatic heterocycles. The lowest BCUT2D eigenvalue weighted by Crippen LogP contribution is -2.51. The van der Waals surface area contributed by atoms with Gasteiger partial charge in [-0.15, -0.1) is 0 Å². The predicted octanol–water partition coefficient (Wildman–Crippen LogP) is -0.644. The maximum Gasteiger partial charge on any atom is 0.320 e. The summed E-state index contributed by atoms with van der Waals surface area (Å²) in [7, 11) is 0. The zero-order valence-corrected chi connectivity index (χ0v) is 21.4. The monoisotopic (exact) mass is 516 g/mol. The van der Waals surface area contributed by atoms with Gasteiger partial charge in [-0.05, 0) is 6.42 Å². The predicted molar refractivity (Wildman–Crippen MR) is 128 cm³/mol. The third-order valence-electron chi connectivity index (χ3n) is 6.12. The first kappa shape index (κ1) is 31.4. The van der Waals surface area contributed by atoms with Crippen molar-refractivity contribution in [3.8, 4) is 0 Å². The Balaban J connectivity index is 3.12. The van der Waals surface area contributed by atoms with Crippen molar-refractivity contribution < 1.29 is 44.0 Å². The van der Waals surface area contributed by atoms with Crippen molar-refractivity contribution in [3.05, 3.63) is 0 Å². The molecule has 0 aromatic rings. The van der Waals surface area contributed by atoms with E-state index < -0.39 is 29.4 Å². The topological polar surface area (TPSA) is 168 Å². The van der Waals surface area contributed by atoms with E-state index in [0.717, 1.165) is 0 Å². The van der Waals surface area contributed by atoms with E-state index in [0.29, 0.717) is 32.7 Å². The van der Waals surface area contributed by atoms with Gasteiger partial charge in [0.1, 0.15) is 18.6 Å². The minimum absolute atomic E-state index is 0.0381. The molecule has 13 heteroatoms. The number of carbonyl (C=O) groups is 5. The average Bonchev–Trinajstić information content (AvgIpc) is 2.76. The van der Waals surface area contributed by atoms with Gasteiger partial charge < -0.3 is 20.1 Å². The summed E-state index contributed by atoms with van der Waals surface area (Å²) in [4.78, 5) is 64.9.